The van der Waals surface area contributed by atoms with Gasteiger partial charge in [-0.25, -0.2) is 0 Å². The zero-order valence-corrected chi connectivity index (χ0v) is 13.8. The largest absolute Gasteiger partial charge is 0.409 e. The van der Waals surface area contributed by atoms with Gasteiger partial charge in [0.15, 0.2) is 0 Å². The van der Waals surface area contributed by atoms with Gasteiger partial charge >= 0.3 is 0 Å². The molecule has 1 saturated heterocycles. The third-order valence-corrected chi connectivity index (χ3v) is 4.16. The van der Waals surface area contributed by atoms with E-state index in [1.807, 2.05) is 13.8 Å². The third-order valence-electron chi connectivity index (χ3n) is 4.16. The summed E-state index contributed by atoms with van der Waals surface area (Å²) in [5, 5.41) is 15.4. The smallest absolute Gasteiger partial charge is 0.144 e. The average molecular weight is 300 g/mol. The van der Waals surface area contributed by atoms with Gasteiger partial charge in [0.25, 0.3) is 0 Å². The summed E-state index contributed by atoms with van der Waals surface area (Å²) >= 11 is 0. The van der Waals surface area contributed by atoms with E-state index in [0.717, 1.165) is 58.7 Å². The quantitative estimate of drug-likeness (QED) is 0.196. The van der Waals surface area contributed by atoms with Gasteiger partial charge in [-0.1, -0.05) is 25.4 Å². The molecule has 0 aromatic rings. The Bertz CT molecular complexity index is 315. The van der Waals surface area contributed by atoms with Crippen LogP contribution in [-0.4, -0.2) is 61.4 Å². The Morgan fingerprint density at radius 3 is 2.67 bits per heavy atom. The molecule has 0 aromatic carbocycles. The Balaban J connectivity index is 2.08. The molecule has 1 unspecified atom stereocenters. The Hall–Kier alpha value is -0.850. The molecule has 124 valence electrons. The number of amidine groups is 1. The van der Waals surface area contributed by atoms with E-state index in [0.29, 0.717) is 11.9 Å². The summed E-state index contributed by atoms with van der Waals surface area (Å²) in [7, 11) is 0. The first-order valence-electron chi connectivity index (χ1n) is 7.97. The van der Waals surface area contributed by atoms with Crippen molar-refractivity contribution in [2.24, 2.45) is 16.3 Å². The van der Waals surface area contributed by atoms with Gasteiger partial charge in [-0.3, -0.25) is 4.90 Å². The second-order valence-corrected chi connectivity index (χ2v) is 6.59. The third kappa shape index (κ3) is 7.11. The van der Waals surface area contributed by atoms with Gasteiger partial charge in [-0.05, 0) is 26.3 Å². The van der Waals surface area contributed by atoms with E-state index in [1.54, 1.807) is 0 Å². The highest BCUT2D eigenvalue weighted by atomic mass is 16.5. The molecule has 0 aromatic heterocycles. The number of hydrogen-bond acceptors (Lipinski definition) is 5. The lowest BCUT2D eigenvalue weighted by atomic mass is 9.86. The van der Waals surface area contributed by atoms with Gasteiger partial charge in [0.2, 0.25) is 0 Å². The van der Waals surface area contributed by atoms with Crippen molar-refractivity contribution in [3.05, 3.63) is 0 Å². The minimum absolute atomic E-state index is 0.228. The van der Waals surface area contributed by atoms with Crippen molar-refractivity contribution in [3.63, 3.8) is 0 Å². The highest BCUT2D eigenvalue weighted by molar-refractivity contribution is 5.85. The molecular formula is C15H32N4O2. The molecule has 1 aliphatic rings. The number of hydrogen-bond donors (Lipinski definition) is 3. The van der Waals surface area contributed by atoms with Gasteiger partial charge in [-0.15, -0.1) is 0 Å². The molecule has 0 saturated carbocycles. The zero-order chi connectivity index (χ0) is 15.7. The fraction of sp³-hybridized carbons (Fsp3) is 0.933. The molecule has 0 amide bonds. The first-order chi connectivity index (χ1) is 9.95. The van der Waals surface area contributed by atoms with Crippen molar-refractivity contribution in [1.82, 2.24) is 10.2 Å². The zero-order valence-electron chi connectivity index (χ0n) is 13.8. The van der Waals surface area contributed by atoms with Crippen molar-refractivity contribution >= 4 is 5.84 Å². The predicted octanol–water partition coefficient (Wildman–Crippen LogP) is 1.24. The van der Waals surface area contributed by atoms with Crippen LogP contribution in [0.25, 0.3) is 0 Å². The number of morpholine rings is 1. The summed E-state index contributed by atoms with van der Waals surface area (Å²) in [6.07, 6.45) is 3.11. The lowest BCUT2D eigenvalue weighted by molar-refractivity contribution is 0.0344. The standard InChI is InChI=1S/C15H32N4O2/c1-13(12-19-8-10-21-11-9-19)17-7-5-4-6-15(2,3)14(16)18-20/h13,17,20H,4-12H2,1-3H3,(H2,16,18). The number of oxime groups is 1. The van der Waals surface area contributed by atoms with Crippen LogP contribution in [0.15, 0.2) is 5.16 Å². The molecular weight excluding hydrogens is 268 g/mol. The molecule has 6 heteroatoms. The number of nitrogens with zero attached hydrogens (tertiary/aromatic N) is 2. The minimum atomic E-state index is -0.228. The molecule has 6 nitrogen and oxygen atoms in total. The van der Waals surface area contributed by atoms with E-state index in [9.17, 15) is 0 Å². The summed E-state index contributed by atoms with van der Waals surface area (Å²) in [6.45, 7) is 12.1. The molecule has 1 atom stereocenters. The maximum atomic E-state index is 8.74. The normalized spacial score (nSPS) is 19.7. The second-order valence-electron chi connectivity index (χ2n) is 6.59. The molecule has 0 aliphatic carbocycles. The Labute approximate surface area is 128 Å². The van der Waals surface area contributed by atoms with Crippen molar-refractivity contribution in [3.8, 4) is 0 Å². The van der Waals surface area contributed by atoms with Crippen molar-refractivity contribution in [2.45, 2.75) is 46.1 Å². The highest BCUT2D eigenvalue weighted by Gasteiger charge is 2.22. The first kappa shape index (κ1) is 18.2. The Kier molecular flexibility index (Phi) is 8.00. The van der Waals surface area contributed by atoms with Crippen LogP contribution >= 0.6 is 0 Å². The minimum Gasteiger partial charge on any atom is -0.409 e. The van der Waals surface area contributed by atoms with Gasteiger partial charge < -0.3 is 21.0 Å². The summed E-state index contributed by atoms with van der Waals surface area (Å²) in [5.74, 6) is 0.316. The topological polar surface area (TPSA) is 83.1 Å². The molecule has 4 N–H and O–H groups in total. The van der Waals surface area contributed by atoms with Crippen LogP contribution in [0.5, 0.6) is 0 Å². The van der Waals surface area contributed by atoms with Crippen LogP contribution in [-0.2, 0) is 4.74 Å². The lowest BCUT2D eigenvalue weighted by Crippen LogP contribution is -2.44. The van der Waals surface area contributed by atoms with E-state index in [4.69, 9.17) is 15.7 Å². The van der Waals surface area contributed by atoms with E-state index in [2.05, 4.69) is 22.3 Å². The number of nitrogens with two attached hydrogens (primary N) is 1. The van der Waals surface area contributed by atoms with Gasteiger partial charge in [0.1, 0.15) is 5.84 Å². The van der Waals surface area contributed by atoms with Crippen LogP contribution in [0.3, 0.4) is 0 Å². The molecule has 1 aliphatic heterocycles. The molecule has 1 heterocycles. The SMILES string of the molecule is CC(CN1CCOCC1)NCCCCC(C)(C)C(N)=NO. The molecule has 1 fully saturated rings. The fourth-order valence-corrected chi connectivity index (χ4v) is 2.54. The van der Waals surface area contributed by atoms with Crippen molar-refractivity contribution < 1.29 is 9.94 Å². The molecule has 0 radical (unpaired) electrons. The van der Waals surface area contributed by atoms with Gasteiger partial charge in [-0.2, -0.15) is 0 Å². The molecule has 0 spiro atoms. The van der Waals surface area contributed by atoms with E-state index in [1.165, 1.54) is 0 Å². The predicted molar refractivity (Wildman–Crippen MR) is 85.8 cm³/mol. The fourth-order valence-electron chi connectivity index (χ4n) is 2.54. The highest BCUT2D eigenvalue weighted by Crippen LogP contribution is 2.23. The monoisotopic (exact) mass is 300 g/mol. The van der Waals surface area contributed by atoms with Crippen LogP contribution < -0.4 is 11.1 Å². The number of rotatable bonds is 9. The second kappa shape index (κ2) is 9.23. The van der Waals surface area contributed by atoms with Gasteiger partial charge in [0.05, 0.1) is 13.2 Å². The van der Waals surface area contributed by atoms with E-state index >= 15 is 0 Å². The molecule has 1 rings (SSSR count). The summed E-state index contributed by atoms with van der Waals surface area (Å²) in [4.78, 5) is 2.45. The van der Waals surface area contributed by atoms with Crippen molar-refractivity contribution in [2.75, 3.05) is 39.4 Å². The maximum absolute atomic E-state index is 8.74. The van der Waals surface area contributed by atoms with Crippen LogP contribution in [0.4, 0.5) is 0 Å². The van der Waals surface area contributed by atoms with Crippen LogP contribution in [0.1, 0.15) is 40.0 Å². The van der Waals surface area contributed by atoms with E-state index in [-0.39, 0.29) is 5.41 Å². The summed E-state index contributed by atoms with van der Waals surface area (Å²) < 4.78 is 5.35. The summed E-state index contributed by atoms with van der Waals surface area (Å²) in [5.41, 5.74) is 5.46. The molecule has 0 bridgehead atoms. The Morgan fingerprint density at radius 2 is 2.05 bits per heavy atom. The maximum Gasteiger partial charge on any atom is 0.144 e. The lowest BCUT2D eigenvalue weighted by Gasteiger charge is -2.29. The molecule has 21 heavy (non-hydrogen) atoms. The van der Waals surface area contributed by atoms with Crippen LogP contribution in [0.2, 0.25) is 0 Å². The van der Waals surface area contributed by atoms with Crippen molar-refractivity contribution in [1.29, 1.82) is 0 Å². The average Bonchev–Trinajstić information content (AvgIpc) is 2.46. The van der Waals surface area contributed by atoms with Crippen LogP contribution in [0, 0.1) is 5.41 Å². The number of ether oxygens (including phenoxy) is 1. The first-order valence-corrected chi connectivity index (χ1v) is 7.97. The number of nitrogens with one attached hydrogen (secondary N) is 1. The van der Waals surface area contributed by atoms with Gasteiger partial charge in [0, 0.05) is 31.1 Å². The van der Waals surface area contributed by atoms with E-state index < -0.39 is 0 Å². The Morgan fingerprint density at radius 1 is 1.38 bits per heavy atom. The summed E-state index contributed by atoms with van der Waals surface area (Å²) in [6, 6.07) is 0.500. The number of unbranched alkanes of at least 4 members (excludes halogenated alkanes) is 1.